The van der Waals surface area contributed by atoms with Crippen LogP contribution in [-0.2, 0) is 0 Å². The van der Waals surface area contributed by atoms with E-state index in [0.717, 1.165) is 5.56 Å². The zero-order chi connectivity index (χ0) is 22.1. The molecule has 4 rings (SSSR count). The third-order valence-electron chi connectivity index (χ3n) is 4.53. The summed E-state index contributed by atoms with van der Waals surface area (Å²) in [5.41, 5.74) is 2.40. The Morgan fingerprint density at radius 2 is 2.03 bits per heavy atom. The number of hydrogen-bond acceptors (Lipinski definition) is 7. The molecule has 0 bridgehead atoms. The molecule has 0 aliphatic rings. The van der Waals surface area contributed by atoms with Gasteiger partial charge in [0.1, 0.15) is 0 Å². The molecule has 0 amide bonds. The lowest BCUT2D eigenvalue weighted by molar-refractivity contribution is 0.228. The fraction of sp³-hybridized carbons (Fsp3) is 0.174. The third-order valence-corrected chi connectivity index (χ3v) is 5.52. The number of methoxy groups -OCH3 is 1. The van der Waals surface area contributed by atoms with E-state index in [9.17, 15) is 9.90 Å². The van der Waals surface area contributed by atoms with E-state index in [1.807, 2.05) is 19.9 Å². The maximum absolute atomic E-state index is 12.9. The lowest BCUT2D eigenvalue weighted by Gasteiger charge is -2.14. The van der Waals surface area contributed by atoms with Gasteiger partial charge >= 0.3 is 0 Å². The molecule has 2 heterocycles. The molecule has 1 N–H and O–H groups in total. The highest BCUT2D eigenvalue weighted by Gasteiger charge is 2.14. The summed E-state index contributed by atoms with van der Waals surface area (Å²) in [6.45, 7) is 3.71. The number of aromatic nitrogens is 2. The van der Waals surface area contributed by atoms with Crippen molar-refractivity contribution in [2.75, 3.05) is 7.11 Å². The van der Waals surface area contributed by atoms with Gasteiger partial charge in [-0.15, -0.1) is 0 Å². The van der Waals surface area contributed by atoms with Crippen molar-refractivity contribution in [1.29, 1.82) is 5.26 Å². The summed E-state index contributed by atoms with van der Waals surface area (Å²) >= 11 is 1.26. The van der Waals surface area contributed by atoms with Crippen LogP contribution in [-0.4, -0.2) is 27.7 Å². The number of hydrogen-bond donors (Lipinski definition) is 1. The molecule has 2 aromatic heterocycles. The smallest absolute Gasteiger partial charge is 0.274 e. The molecular formula is C23H19N3O4S. The summed E-state index contributed by atoms with van der Waals surface area (Å²) < 4.78 is 12.9. The molecule has 0 radical (unpaired) electrons. The number of benzene rings is 2. The number of nitrogens with zero attached hydrogens (tertiary/aromatic N) is 3. The Balaban J connectivity index is 1.79. The average molecular weight is 433 g/mol. The van der Waals surface area contributed by atoms with Gasteiger partial charge in [0, 0.05) is 11.8 Å². The predicted molar refractivity (Wildman–Crippen MR) is 119 cm³/mol. The first kappa shape index (κ1) is 20.4. The van der Waals surface area contributed by atoms with E-state index in [2.05, 4.69) is 11.1 Å². The Labute approximate surface area is 182 Å². The second-order valence-electron chi connectivity index (χ2n) is 7.12. The highest BCUT2D eigenvalue weighted by atomic mass is 32.1. The maximum Gasteiger partial charge on any atom is 0.274 e. The minimum atomic E-state index is -0.200. The Kier molecular flexibility index (Phi) is 5.36. The first-order chi connectivity index (χ1) is 14.9. The van der Waals surface area contributed by atoms with Crippen LogP contribution in [0.25, 0.3) is 22.3 Å². The van der Waals surface area contributed by atoms with Gasteiger partial charge in [-0.25, -0.2) is 4.98 Å². The number of phenols is 1. The van der Waals surface area contributed by atoms with Gasteiger partial charge < -0.3 is 14.6 Å². The molecule has 0 atom stereocenters. The molecule has 7 nitrogen and oxygen atoms in total. The average Bonchev–Trinajstić information content (AvgIpc) is 3.29. The number of fused-ring (bicyclic) bond motifs is 1. The van der Waals surface area contributed by atoms with Crippen LogP contribution in [0, 0.1) is 11.3 Å². The summed E-state index contributed by atoms with van der Waals surface area (Å²) in [5.74, 6) is 0.466. The van der Waals surface area contributed by atoms with Crippen molar-refractivity contribution in [3.63, 3.8) is 0 Å². The van der Waals surface area contributed by atoms with Crippen molar-refractivity contribution in [2.24, 2.45) is 0 Å². The molecule has 156 valence electrons. The van der Waals surface area contributed by atoms with Gasteiger partial charge in [-0.3, -0.25) is 9.20 Å². The number of rotatable bonds is 5. The van der Waals surface area contributed by atoms with Gasteiger partial charge in [0.25, 0.3) is 5.56 Å². The minimum absolute atomic E-state index is 0.0825. The lowest BCUT2D eigenvalue weighted by Crippen LogP contribution is -2.22. The van der Waals surface area contributed by atoms with E-state index in [4.69, 9.17) is 14.7 Å². The molecule has 0 aliphatic carbocycles. The van der Waals surface area contributed by atoms with E-state index < -0.39 is 0 Å². The number of ether oxygens (including phenoxy) is 2. The van der Waals surface area contributed by atoms with Gasteiger partial charge in [-0.1, -0.05) is 23.5 Å². The molecule has 0 spiro atoms. The molecule has 0 saturated carbocycles. The molecule has 8 heteroatoms. The summed E-state index contributed by atoms with van der Waals surface area (Å²) in [6, 6.07) is 12.5. The highest BCUT2D eigenvalue weighted by molar-refractivity contribution is 7.15. The van der Waals surface area contributed by atoms with Gasteiger partial charge in [0.05, 0.1) is 35.1 Å². The standard InChI is InChI=1S/C23H19N3O4S/c1-13(2)30-19-9-15(8-18(29-3)21(19)27)10-20-22(28)26-12-17(25-23(26)31-20)16-6-4-5-14(7-16)11-24/h4-10,12-13,27H,1-3H3/b20-10-. The van der Waals surface area contributed by atoms with Crippen LogP contribution in [0.3, 0.4) is 0 Å². The number of aromatic hydroxyl groups is 1. The number of imidazole rings is 1. The normalized spacial score (nSPS) is 11.8. The molecule has 0 saturated heterocycles. The van der Waals surface area contributed by atoms with Crippen LogP contribution < -0.4 is 19.6 Å². The first-order valence-electron chi connectivity index (χ1n) is 9.51. The van der Waals surface area contributed by atoms with Gasteiger partial charge in [0.15, 0.2) is 16.5 Å². The van der Waals surface area contributed by atoms with Gasteiger partial charge in [0.2, 0.25) is 5.75 Å². The molecular weight excluding hydrogens is 414 g/mol. The van der Waals surface area contributed by atoms with Crippen molar-refractivity contribution in [3.05, 3.63) is 68.6 Å². The fourth-order valence-electron chi connectivity index (χ4n) is 3.16. The van der Waals surface area contributed by atoms with Crippen LogP contribution in [0.2, 0.25) is 0 Å². The number of phenolic OH excluding ortho intramolecular Hbond substituents is 1. The van der Waals surface area contributed by atoms with Gasteiger partial charge in [-0.05, 0) is 49.8 Å². The SMILES string of the molecule is COc1cc(/C=c2\sc3nc(-c4cccc(C#N)c4)cn3c2=O)cc(OC(C)C)c1O. The third kappa shape index (κ3) is 3.96. The zero-order valence-corrected chi connectivity index (χ0v) is 17.9. The zero-order valence-electron chi connectivity index (χ0n) is 17.1. The summed E-state index contributed by atoms with van der Waals surface area (Å²) in [4.78, 5) is 18.0. The van der Waals surface area contributed by atoms with Crippen molar-refractivity contribution in [1.82, 2.24) is 9.38 Å². The Morgan fingerprint density at radius 3 is 2.71 bits per heavy atom. The molecule has 4 aromatic rings. The maximum atomic E-state index is 12.9. The van der Waals surface area contributed by atoms with Crippen molar-refractivity contribution < 1.29 is 14.6 Å². The lowest BCUT2D eigenvalue weighted by atomic mass is 10.1. The molecule has 2 aromatic carbocycles. The topological polar surface area (TPSA) is 96.8 Å². The van der Waals surface area contributed by atoms with Crippen molar-refractivity contribution in [2.45, 2.75) is 20.0 Å². The van der Waals surface area contributed by atoms with E-state index in [0.29, 0.717) is 26.3 Å². The van der Waals surface area contributed by atoms with E-state index in [1.54, 1.807) is 42.6 Å². The minimum Gasteiger partial charge on any atom is -0.502 e. The van der Waals surface area contributed by atoms with Crippen LogP contribution in [0.5, 0.6) is 17.2 Å². The number of thiazole rings is 1. The predicted octanol–water partition coefficient (Wildman–Crippen LogP) is 3.34. The Bertz CT molecular complexity index is 1430. The van der Waals surface area contributed by atoms with Crippen molar-refractivity contribution in [3.8, 4) is 34.6 Å². The van der Waals surface area contributed by atoms with Crippen molar-refractivity contribution >= 4 is 22.4 Å². The molecule has 0 aliphatic heterocycles. The molecule has 0 unspecified atom stereocenters. The van der Waals surface area contributed by atoms with Crippen LogP contribution >= 0.6 is 11.3 Å². The largest absolute Gasteiger partial charge is 0.502 e. The Hall–Kier alpha value is -3.83. The summed E-state index contributed by atoms with van der Waals surface area (Å²) in [5, 5.41) is 19.4. The fourth-order valence-corrected chi connectivity index (χ4v) is 4.11. The van der Waals surface area contributed by atoms with E-state index >= 15 is 0 Å². The van der Waals surface area contributed by atoms with Gasteiger partial charge in [-0.2, -0.15) is 5.26 Å². The molecule has 0 fully saturated rings. The quantitative estimate of drug-likeness (QED) is 0.519. The van der Waals surface area contributed by atoms with E-state index in [1.165, 1.54) is 22.8 Å². The second-order valence-corrected chi connectivity index (χ2v) is 8.13. The monoisotopic (exact) mass is 433 g/mol. The van der Waals surface area contributed by atoms with Crippen LogP contribution in [0.4, 0.5) is 0 Å². The van der Waals surface area contributed by atoms with Crippen LogP contribution in [0.1, 0.15) is 25.0 Å². The molecule has 31 heavy (non-hydrogen) atoms. The summed E-state index contributed by atoms with van der Waals surface area (Å²) in [7, 11) is 1.46. The first-order valence-corrected chi connectivity index (χ1v) is 10.3. The highest BCUT2D eigenvalue weighted by Crippen LogP contribution is 2.38. The van der Waals surface area contributed by atoms with Crippen LogP contribution in [0.15, 0.2) is 47.4 Å². The number of nitriles is 1. The second kappa shape index (κ2) is 8.13. The van der Waals surface area contributed by atoms with E-state index in [-0.39, 0.29) is 28.9 Å². The summed E-state index contributed by atoms with van der Waals surface area (Å²) in [6.07, 6.45) is 3.25. The Morgan fingerprint density at radius 1 is 1.26 bits per heavy atom.